The second-order valence-corrected chi connectivity index (χ2v) is 5.63. The van der Waals surface area contributed by atoms with Crippen LogP contribution < -0.4 is 0 Å². The highest BCUT2D eigenvalue weighted by Gasteiger charge is 2.36. The van der Waals surface area contributed by atoms with Crippen LogP contribution in [0.15, 0.2) is 34.7 Å². The molecule has 0 bridgehead atoms. The van der Waals surface area contributed by atoms with Crippen LogP contribution in [0.5, 0.6) is 0 Å². The zero-order valence-electron chi connectivity index (χ0n) is 11.8. The second-order valence-electron chi connectivity index (χ2n) is 5.63. The maximum Gasteiger partial charge on any atom is 0.326 e. The molecule has 2 atom stereocenters. The van der Waals surface area contributed by atoms with Gasteiger partial charge < -0.3 is 14.4 Å². The van der Waals surface area contributed by atoms with Crippen molar-refractivity contribution in [3.05, 3.63) is 36.1 Å². The minimum atomic E-state index is -0.953. The van der Waals surface area contributed by atoms with Crippen LogP contribution in [0, 0.1) is 5.92 Å². The summed E-state index contributed by atoms with van der Waals surface area (Å²) in [5, 5.41) is 10.2. The fraction of sp³-hybridized carbons (Fsp3) is 0.375. The highest BCUT2D eigenvalue weighted by Crippen LogP contribution is 2.26. The number of aliphatic carboxylic acids is 1. The fourth-order valence-electron chi connectivity index (χ4n) is 2.85. The maximum absolute atomic E-state index is 12.6. The predicted molar refractivity (Wildman–Crippen MR) is 77.1 cm³/mol. The summed E-state index contributed by atoms with van der Waals surface area (Å²) < 4.78 is 5.55. The van der Waals surface area contributed by atoms with Gasteiger partial charge in [0.1, 0.15) is 11.6 Å². The summed E-state index contributed by atoms with van der Waals surface area (Å²) in [5.74, 6) is -0.778. The molecule has 110 valence electrons. The van der Waals surface area contributed by atoms with Crippen LogP contribution >= 0.6 is 0 Å². The van der Waals surface area contributed by atoms with E-state index < -0.39 is 12.0 Å². The molecule has 3 rings (SSSR count). The number of hydrogen-bond donors (Lipinski definition) is 1. The first kappa shape index (κ1) is 13.7. The molecule has 1 amide bonds. The Morgan fingerprint density at radius 3 is 2.81 bits per heavy atom. The number of carboxylic acid groups (broad SMARTS) is 1. The average molecular weight is 287 g/mol. The molecule has 2 aromatic rings. The van der Waals surface area contributed by atoms with E-state index in [9.17, 15) is 14.7 Å². The SMILES string of the molecule is CC1CCN(C(=O)c2cc3ccccc3o2)C(C(=O)O)C1. The third kappa shape index (κ3) is 2.51. The molecule has 21 heavy (non-hydrogen) atoms. The molecule has 1 aromatic carbocycles. The van der Waals surface area contributed by atoms with Crippen LogP contribution in [0.1, 0.15) is 30.3 Å². The quantitative estimate of drug-likeness (QED) is 0.922. The molecular weight excluding hydrogens is 270 g/mol. The van der Waals surface area contributed by atoms with Gasteiger partial charge in [0, 0.05) is 11.9 Å². The van der Waals surface area contributed by atoms with Crippen LogP contribution in [0.4, 0.5) is 0 Å². The van der Waals surface area contributed by atoms with Crippen molar-refractivity contribution in [1.82, 2.24) is 4.90 Å². The Kier molecular flexibility index (Phi) is 3.41. The number of carbonyl (C=O) groups is 2. The molecule has 5 nitrogen and oxygen atoms in total. The molecule has 0 saturated carbocycles. The normalized spacial score (nSPS) is 22.4. The summed E-state index contributed by atoms with van der Waals surface area (Å²) in [4.78, 5) is 25.4. The number of carbonyl (C=O) groups excluding carboxylic acids is 1. The first-order valence-corrected chi connectivity index (χ1v) is 7.08. The lowest BCUT2D eigenvalue weighted by Gasteiger charge is -2.35. The monoisotopic (exact) mass is 287 g/mol. The Hall–Kier alpha value is -2.30. The van der Waals surface area contributed by atoms with Gasteiger partial charge in [-0.1, -0.05) is 25.1 Å². The number of furan rings is 1. The fourth-order valence-corrected chi connectivity index (χ4v) is 2.85. The van der Waals surface area contributed by atoms with Crippen molar-refractivity contribution >= 4 is 22.8 Å². The van der Waals surface area contributed by atoms with Crippen molar-refractivity contribution in [2.45, 2.75) is 25.8 Å². The van der Waals surface area contributed by atoms with Gasteiger partial charge in [-0.15, -0.1) is 0 Å². The number of benzene rings is 1. The van der Waals surface area contributed by atoms with Crippen LogP contribution in [-0.4, -0.2) is 34.5 Å². The maximum atomic E-state index is 12.6. The summed E-state index contributed by atoms with van der Waals surface area (Å²) in [6, 6.07) is 8.27. The number of hydrogen-bond acceptors (Lipinski definition) is 3. The van der Waals surface area contributed by atoms with Gasteiger partial charge in [-0.05, 0) is 30.9 Å². The van der Waals surface area contributed by atoms with Gasteiger partial charge in [0.2, 0.25) is 0 Å². The Morgan fingerprint density at radius 2 is 2.10 bits per heavy atom. The third-order valence-electron chi connectivity index (χ3n) is 4.05. The van der Waals surface area contributed by atoms with Crippen LogP contribution in [0.2, 0.25) is 0 Å². The van der Waals surface area contributed by atoms with E-state index in [-0.39, 0.29) is 11.7 Å². The molecule has 2 unspecified atom stereocenters. The highest BCUT2D eigenvalue weighted by molar-refractivity contribution is 5.98. The molecule has 0 spiro atoms. The van der Waals surface area contributed by atoms with E-state index >= 15 is 0 Å². The summed E-state index contributed by atoms with van der Waals surface area (Å²) in [5.41, 5.74) is 0.637. The molecule has 2 heterocycles. The molecule has 5 heteroatoms. The van der Waals surface area contributed by atoms with Crippen molar-refractivity contribution < 1.29 is 19.1 Å². The number of nitrogens with zero attached hydrogens (tertiary/aromatic N) is 1. The number of rotatable bonds is 2. The smallest absolute Gasteiger partial charge is 0.326 e. The third-order valence-corrected chi connectivity index (χ3v) is 4.05. The average Bonchev–Trinajstić information content (AvgIpc) is 2.90. The van der Waals surface area contributed by atoms with Crippen LogP contribution in [0.3, 0.4) is 0 Å². The van der Waals surface area contributed by atoms with Gasteiger partial charge >= 0.3 is 5.97 Å². The molecule has 1 aliphatic rings. The molecular formula is C16H17NO4. The molecule has 0 radical (unpaired) electrons. The topological polar surface area (TPSA) is 70.8 Å². The summed E-state index contributed by atoms with van der Waals surface area (Å²) >= 11 is 0. The van der Waals surface area contributed by atoms with Crippen molar-refractivity contribution in [2.75, 3.05) is 6.54 Å². The van der Waals surface area contributed by atoms with Crippen molar-refractivity contribution in [3.8, 4) is 0 Å². The van der Waals surface area contributed by atoms with Gasteiger partial charge in [0.15, 0.2) is 5.76 Å². The van der Waals surface area contributed by atoms with E-state index in [4.69, 9.17) is 4.42 Å². The summed E-state index contributed by atoms with van der Waals surface area (Å²) in [7, 11) is 0. The standard InChI is InChI=1S/C16H17NO4/c1-10-6-7-17(12(8-10)16(19)20)15(18)14-9-11-4-2-3-5-13(11)21-14/h2-5,9-10,12H,6-8H2,1H3,(H,19,20). The number of carboxylic acids is 1. The number of fused-ring (bicyclic) bond motifs is 1. The van der Waals surface area contributed by atoms with Crippen LogP contribution in [0.25, 0.3) is 11.0 Å². The lowest BCUT2D eigenvalue weighted by atomic mass is 9.92. The Balaban J connectivity index is 1.90. The first-order chi connectivity index (χ1) is 10.1. The Morgan fingerprint density at radius 1 is 1.33 bits per heavy atom. The van der Waals surface area contributed by atoms with Crippen molar-refractivity contribution in [2.24, 2.45) is 5.92 Å². The molecule has 1 N–H and O–H groups in total. The number of likely N-dealkylation sites (tertiary alicyclic amines) is 1. The van der Waals surface area contributed by atoms with Gasteiger partial charge in [-0.2, -0.15) is 0 Å². The van der Waals surface area contributed by atoms with E-state index in [1.165, 1.54) is 4.90 Å². The zero-order chi connectivity index (χ0) is 15.0. The largest absolute Gasteiger partial charge is 0.480 e. The zero-order valence-corrected chi connectivity index (χ0v) is 11.8. The van der Waals surface area contributed by atoms with E-state index in [0.717, 1.165) is 11.8 Å². The van der Waals surface area contributed by atoms with Gasteiger partial charge in [-0.3, -0.25) is 4.79 Å². The molecule has 1 aromatic heterocycles. The molecule has 1 saturated heterocycles. The highest BCUT2D eigenvalue weighted by atomic mass is 16.4. The van der Waals surface area contributed by atoms with Gasteiger partial charge in [-0.25, -0.2) is 4.79 Å². The predicted octanol–water partition coefficient (Wildman–Crippen LogP) is 2.76. The summed E-state index contributed by atoms with van der Waals surface area (Å²) in [6.45, 7) is 2.47. The molecule has 1 fully saturated rings. The van der Waals surface area contributed by atoms with Crippen LogP contribution in [-0.2, 0) is 4.79 Å². The lowest BCUT2D eigenvalue weighted by molar-refractivity contribution is -0.144. The van der Waals surface area contributed by atoms with Crippen molar-refractivity contribution in [3.63, 3.8) is 0 Å². The van der Waals surface area contributed by atoms with E-state index in [2.05, 4.69) is 0 Å². The number of amides is 1. The minimum Gasteiger partial charge on any atom is -0.480 e. The number of para-hydroxylation sites is 1. The molecule has 1 aliphatic heterocycles. The Bertz CT molecular complexity index is 657. The number of piperidine rings is 1. The van der Waals surface area contributed by atoms with Gasteiger partial charge in [0.05, 0.1) is 0 Å². The first-order valence-electron chi connectivity index (χ1n) is 7.08. The summed E-state index contributed by atoms with van der Waals surface area (Å²) in [6.07, 6.45) is 1.30. The Labute approximate surface area is 122 Å². The lowest BCUT2D eigenvalue weighted by Crippen LogP contribution is -2.49. The second kappa shape index (κ2) is 5.24. The van der Waals surface area contributed by atoms with E-state index in [1.807, 2.05) is 25.1 Å². The van der Waals surface area contributed by atoms with E-state index in [0.29, 0.717) is 24.5 Å². The molecule has 0 aliphatic carbocycles. The minimum absolute atomic E-state index is 0.206. The van der Waals surface area contributed by atoms with E-state index in [1.54, 1.807) is 12.1 Å². The van der Waals surface area contributed by atoms with Gasteiger partial charge in [0.25, 0.3) is 5.91 Å². The van der Waals surface area contributed by atoms with Crippen molar-refractivity contribution in [1.29, 1.82) is 0 Å².